The fourth-order valence-electron chi connectivity index (χ4n) is 0.963. The molecule has 7 nitrogen and oxygen atoms in total. The largest absolute Gasteiger partial charge is 0.476 e. The number of aromatic nitrogens is 1. The summed E-state index contributed by atoms with van der Waals surface area (Å²) in [4.78, 5) is 14.2. The van der Waals surface area contributed by atoms with Gasteiger partial charge in [-0.05, 0) is 0 Å². The van der Waals surface area contributed by atoms with Crippen LogP contribution in [-0.2, 0) is 10.0 Å². The number of rotatable bonds is 5. The van der Waals surface area contributed by atoms with E-state index >= 15 is 0 Å². The second kappa shape index (κ2) is 4.87. The topological polar surface area (TPSA) is 108 Å². The van der Waals surface area contributed by atoms with E-state index in [2.05, 4.69) is 4.98 Å². The van der Waals surface area contributed by atoms with Crippen molar-refractivity contribution < 1.29 is 23.4 Å². The van der Waals surface area contributed by atoms with E-state index in [0.717, 1.165) is 21.2 Å². The average molecular weight is 266 g/mol. The molecule has 0 aliphatic carbocycles. The Kier molecular flexibility index (Phi) is 3.97. The smallest absolute Gasteiger partial charge is 0.356 e. The molecule has 0 aromatic carbocycles. The Morgan fingerprint density at radius 2 is 2.25 bits per heavy atom. The number of hydrogen-bond acceptors (Lipinski definition) is 6. The number of nitrogens with zero attached hydrogens (tertiary/aromatic N) is 2. The minimum atomic E-state index is -3.88. The summed E-state index contributed by atoms with van der Waals surface area (Å²) in [5, 5.41) is 17.4. The van der Waals surface area contributed by atoms with Gasteiger partial charge in [-0.1, -0.05) is 0 Å². The van der Waals surface area contributed by atoms with Crippen LogP contribution >= 0.6 is 11.3 Å². The number of likely N-dealkylation sites (N-methyl/N-ethyl adjacent to an activating group) is 1. The molecular weight excluding hydrogens is 256 g/mol. The Hall–Kier alpha value is -1.03. The van der Waals surface area contributed by atoms with E-state index in [4.69, 9.17) is 10.2 Å². The van der Waals surface area contributed by atoms with Crippen LogP contribution in [0.2, 0.25) is 0 Å². The quantitative estimate of drug-likeness (QED) is 0.740. The van der Waals surface area contributed by atoms with Gasteiger partial charge in [0.05, 0.1) is 12.1 Å². The molecule has 0 aliphatic rings. The van der Waals surface area contributed by atoms with E-state index in [9.17, 15) is 13.2 Å². The zero-order chi connectivity index (χ0) is 12.3. The second-order valence-electron chi connectivity index (χ2n) is 2.84. The van der Waals surface area contributed by atoms with E-state index in [1.165, 1.54) is 7.05 Å². The maximum Gasteiger partial charge on any atom is 0.356 e. The molecule has 0 amide bonds. The summed E-state index contributed by atoms with van der Waals surface area (Å²) < 4.78 is 24.2. The molecule has 9 heteroatoms. The summed E-state index contributed by atoms with van der Waals surface area (Å²) in [6.45, 7) is -0.434. The molecule has 0 aliphatic heterocycles. The van der Waals surface area contributed by atoms with E-state index in [0.29, 0.717) is 0 Å². The minimum Gasteiger partial charge on any atom is -0.476 e. The number of hydrogen-bond donors (Lipinski definition) is 2. The van der Waals surface area contributed by atoms with E-state index < -0.39 is 21.7 Å². The predicted molar refractivity (Wildman–Crippen MR) is 56.0 cm³/mol. The summed E-state index contributed by atoms with van der Waals surface area (Å²) in [7, 11) is -2.62. The van der Waals surface area contributed by atoms with Gasteiger partial charge in [0, 0.05) is 13.6 Å². The summed E-state index contributed by atoms with van der Waals surface area (Å²) >= 11 is 0.736. The van der Waals surface area contributed by atoms with Crippen LogP contribution < -0.4 is 0 Å². The van der Waals surface area contributed by atoms with Crippen LogP contribution in [0.5, 0.6) is 0 Å². The highest BCUT2D eigenvalue weighted by molar-refractivity contribution is 7.91. The fourth-order valence-corrected chi connectivity index (χ4v) is 3.46. The maximum absolute atomic E-state index is 11.8. The highest BCUT2D eigenvalue weighted by Crippen LogP contribution is 2.22. The third kappa shape index (κ3) is 2.38. The Balaban J connectivity index is 3.17. The first kappa shape index (κ1) is 13.0. The van der Waals surface area contributed by atoms with Gasteiger partial charge >= 0.3 is 5.97 Å². The molecule has 0 bridgehead atoms. The van der Waals surface area contributed by atoms with Gasteiger partial charge < -0.3 is 10.2 Å². The number of aromatic carboxylic acids is 1. The van der Waals surface area contributed by atoms with Crippen molar-refractivity contribution in [3.05, 3.63) is 11.2 Å². The first-order valence-corrected chi connectivity index (χ1v) is 6.47. The highest BCUT2D eigenvalue weighted by Gasteiger charge is 2.29. The van der Waals surface area contributed by atoms with Crippen molar-refractivity contribution in [1.82, 2.24) is 9.29 Å². The zero-order valence-electron chi connectivity index (χ0n) is 8.32. The molecule has 16 heavy (non-hydrogen) atoms. The predicted octanol–water partition coefficient (Wildman–Crippen LogP) is -0.546. The number of carboxylic acid groups (broad SMARTS) is 1. The lowest BCUT2D eigenvalue weighted by atomic mass is 10.5. The molecule has 0 atom stereocenters. The summed E-state index contributed by atoms with van der Waals surface area (Å²) in [6, 6.07) is 0. The molecule has 0 radical (unpaired) electrons. The molecule has 1 rings (SSSR count). The molecule has 0 saturated carbocycles. The van der Waals surface area contributed by atoms with Gasteiger partial charge in [0.25, 0.3) is 10.0 Å². The summed E-state index contributed by atoms with van der Waals surface area (Å²) in [6.07, 6.45) is 0. The molecule has 0 spiro atoms. The van der Waals surface area contributed by atoms with Crippen LogP contribution in [0, 0.1) is 0 Å². The Labute approximate surface area is 96.0 Å². The average Bonchev–Trinajstić information content (AvgIpc) is 2.66. The number of carbonyl (C=O) groups is 1. The number of carboxylic acids is 1. The molecule has 0 fully saturated rings. The van der Waals surface area contributed by atoms with Crippen molar-refractivity contribution in [2.24, 2.45) is 0 Å². The van der Waals surface area contributed by atoms with Gasteiger partial charge in [-0.2, -0.15) is 4.31 Å². The molecule has 1 heterocycles. The van der Waals surface area contributed by atoms with Gasteiger partial charge in [-0.25, -0.2) is 18.2 Å². The standard InChI is InChI=1S/C7H10N2O5S2/c1-9(2-3-10)16(13,14)7-5(6(11)12)8-4-15-7/h4,10H,2-3H2,1H3,(H,11,12). The number of aliphatic hydroxyl groups excluding tert-OH is 1. The van der Waals surface area contributed by atoms with Crippen LogP contribution in [0.3, 0.4) is 0 Å². The fraction of sp³-hybridized carbons (Fsp3) is 0.429. The Morgan fingerprint density at radius 3 is 2.75 bits per heavy atom. The van der Waals surface area contributed by atoms with E-state index in [-0.39, 0.29) is 17.4 Å². The Bertz CT molecular complexity index is 481. The van der Waals surface area contributed by atoms with Gasteiger partial charge in [0.2, 0.25) is 0 Å². The van der Waals surface area contributed by atoms with Crippen LogP contribution in [0.25, 0.3) is 0 Å². The lowest BCUT2D eigenvalue weighted by Gasteiger charge is -2.14. The molecule has 0 saturated heterocycles. The molecular formula is C7H10N2O5S2. The van der Waals surface area contributed by atoms with Crippen molar-refractivity contribution >= 4 is 27.3 Å². The van der Waals surface area contributed by atoms with Crippen LogP contribution in [0.1, 0.15) is 10.5 Å². The number of thiazole rings is 1. The van der Waals surface area contributed by atoms with Gasteiger partial charge in [-0.15, -0.1) is 11.3 Å². The van der Waals surface area contributed by atoms with E-state index in [1.807, 2.05) is 0 Å². The summed E-state index contributed by atoms with van der Waals surface area (Å²) in [5.41, 5.74) is 0.665. The lowest BCUT2D eigenvalue weighted by Crippen LogP contribution is -2.30. The zero-order valence-corrected chi connectivity index (χ0v) is 9.95. The third-order valence-corrected chi connectivity index (χ3v) is 5.00. The van der Waals surface area contributed by atoms with Crippen LogP contribution in [0.15, 0.2) is 9.72 Å². The third-order valence-electron chi connectivity index (χ3n) is 1.80. The first-order chi connectivity index (χ1) is 7.41. The first-order valence-electron chi connectivity index (χ1n) is 4.15. The molecule has 90 valence electrons. The van der Waals surface area contributed by atoms with E-state index in [1.54, 1.807) is 0 Å². The Morgan fingerprint density at radius 1 is 1.62 bits per heavy atom. The van der Waals surface area contributed by atoms with Crippen molar-refractivity contribution in [3.8, 4) is 0 Å². The van der Waals surface area contributed by atoms with Gasteiger partial charge in [0.1, 0.15) is 0 Å². The molecule has 2 N–H and O–H groups in total. The molecule has 0 unspecified atom stereocenters. The number of aliphatic hydroxyl groups is 1. The van der Waals surface area contributed by atoms with Crippen molar-refractivity contribution in [3.63, 3.8) is 0 Å². The van der Waals surface area contributed by atoms with Crippen LogP contribution in [-0.4, -0.2) is 54.1 Å². The van der Waals surface area contributed by atoms with Crippen molar-refractivity contribution in [2.45, 2.75) is 4.21 Å². The monoisotopic (exact) mass is 266 g/mol. The number of sulfonamides is 1. The molecule has 1 aromatic heterocycles. The van der Waals surface area contributed by atoms with Crippen molar-refractivity contribution in [1.29, 1.82) is 0 Å². The SMILES string of the molecule is CN(CCO)S(=O)(=O)c1scnc1C(=O)O. The maximum atomic E-state index is 11.8. The highest BCUT2D eigenvalue weighted by atomic mass is 32.2. The second-order valence-corrected chi connectivity index (χ2v) is 5.94. The lowest BCUT2D eigenvalue weighted by molar-refractivity contribution is 0.0687. The molecule has 1 aromatic rings. The van der Waals surface area contributed by atoms with Gasteiger partial charge in [0.15, 0.2) is 9.90 Å². The summed E-state index contributed by atoms with van der Waals surface area (Å²) in [5.74, 6) is -1.39. The van der Waals surface area contributed by atoms with Crippen LogP contribution in [0.4, 0.5) is 0 Å². The van der Waals surface area contributed by atoms with Gasteiger partial charge in [-0.3, -0.25) is 0 Å². The minimum absolute atomic E-state index is 0.0979. The normalized spacial score (nSPS) is 11.9. The van der Waals surface area contributed by atoms with Crippen molar-refractivity contribution in [2.75, 3.05) is 20.2 Å².